The van der Waals surface area contributed by atoms with Gasteiger partial charge in [0.2, 0.25) is 0 Å². The maximum atomic E-state index is 14.9. The smallest absolute Gasteiger partial charge is 0.424 e. The number of hydrogen-bond donors (Lipinski definition) is 1. The number of benzene rings is 2. The molecule has 1 unspecified atom stereocenters. The van der Waals surface area contributed by atoms with Crippen LogP contribution in [0.3, 0.4) is 0 Å². The van der Waals surface area contributed by atoms with Gasteiger partial charge in [0.15, 0.2) is 5.58 Å². The highest BCUT2D eigenvalue weighted by Crippen LogP contribution is 2.27. The summed E-state index contributed by atoms with van der Waals surface area (Å²) in [6.07, 6.45) is -1.23. The minimum absolute atomic E-state index is 0.0225. The van der Waals surface area contributed by atoms with Crippen LogP contribution in [-0.2, 0) is 4.74 Å². The fourth-order valence-electron chi connectivity index (χ4n) is 3.18. The van der Waals surface area contributed by atoms with Gasteiger partial charge in [0.05, 0.1) is 29.5 Å². The molecule has 1 amide bonds. The van der Waals surface area contributed by atoms with Crippen molar-refractivity contribution < 1.29 is 18.3 Å². The molecule has 1 saturated heterocycles. The van der Waals surface area contributed by atoms with Gasteiger partial charge < -0.3 is 14.9 Å². The average Bonchev–Trinajstić information content (AvgIpc) is 3.20. The van der Waals surface area contributed by atoms with Crippen LogP contribution >= 0.6 is 12.2 Å². The normalized spacial score (nSPS) is 17.8. The summed E-state index contributed by atoms with van der Waals surface area (Å²) in [6, 6.07) is 10.3. The topological polar surface area (TPSA) is 90.7 Å². The van der Waals surface area contributed by atoms with Crippen molar-refractivity contribution in [3.63, 3.8) is 0 Å². The first-order chi connectivity index (χ1) is 13.4. The monoisotopic (exact) mass is 401 g/mol. The van der Waals surface area contributed by atoms with Gasteiger partial charge in [0.1, 0.15) is 11.9 Å². The molecule has 9 heteroatoms. The van der Waals surface area contributed by atoms with Gasteiger partial charge in [-0.25, -0.2) is 18.5 Å². The summed E-state index contributed by atoms with van der Waals surface area (Å²) >= 11 is 5.05. The first kappa shape index (κ1) is 18.3. The number of nitrogens with zero attached hydrogens (tertiary/aromatic N) is 2. The lowest BCUT2D eigenvalue weighted by Gasteiger charge is -2.17. The summed E-state index contributed by atoms with van der Waals surface area (Å²) in [5.41, 5.74) is 7.06. The Labute approximate surface area is 164 Å². The van der Waals surface area contributed by atoms with E-state index in [1.165, 1.54) is 23.1 Å². The molecule has 1 aliphatic rings. The number of anilines is 1. The second kappa shape index (κ2) is 6.84. The van der Waals surface area contributed by atoms with Crippen molar-refractivity contribution in [1.82, 2.24) is 4.57 Å². The molecule has 2 heterocycles. The molecule has 2 atom stereocenters. The van der Waals surface area contributed by atoms with Crippen molar-refractivity contribution in [2.24, 2.45) is 5.73 Å². The third-order valence-corrected chi connectivity index (χ3v) is 4.95. The Hall–Kier alpha value is -3.04. The lowest BCUT2D eigenvalue weighted by atomic mass is 10.1. The molecule has 0 bridgehead atoms. The summed E-state index contributed by atoms with van der Waals surface area (Å²) in [5, 5.41) is 0. The van der Waals surface area contributed by atoms with Gasteiger partial charge in [-0.1, -0.05) is 24.4 Å². The zero-order valence-electron chi connectivity index (χ0n) is 14.8. The van der Waals surface area contributed by atoms with Crippen molar-refractivity contribution in [2.45, 2.75) is 19.1 Å². The summed E-state index contributed by atoms with van der Waals surface area (Å²) in [4.78, 5) is 26.2. The number of carbonyl (C=O) groups is 1. The molecular weight excluding hydrogens is 385 g/mol. The predicted octanol–water partition coefficient (Wildman–Crippen LogP) is 2.77. The molecule has 0 radical (unpaired) electrons. The van der Waals surface area contributed by atoms with Crippen molar-refractivity contribution in [3.05, 3.63) is 58.8 Å². The number of thiocarbonyl (C=S) groups is 1. The number of halogens is 1. The van der Waals surface area contributed by atoms with Gasteiger partial charge in [0, 0.05) is 4.86 Å². The minimum Gasteiger partial charge on any atom is -0.442 e. The number of rotatable bonds is 4. The third kappa shape index (κ3) is 2.98. The number of ether oxygens (including phenoxy) is 1. The molecule has 4 rings (SSSR count). The highest BCUT2D eigenvalue weighted by atomic mass is 32.1. The Kier molecular flexibility index (Phi) is 4.48. The first-order valence-electron chi connectivity index (χ1n) is 8.51. The zero-order chi connectivity index (χ0) is 20.0. The van der Waals surface area contributed by atoms with Crippen LogP contribution in [0.15, 0.2) is 51.7 Å². The highest BCUT2D eigenvalue weighted by Gasteiger charge is 2.37. The molecule has 0 aliphatic carbocycles. The largest absolute Gasteiger partial charge is 0.442 e. The molecule has 0 saturated carbocycles. The van der Waals surface area contributed by atoms with Crippen LogP contribution in [0.2, 0.25) is 0 Å². The van der Waals surface area contributed by atoms with E-state index in [0.29, 0.717) is 21.7 Å². The summed E-state index contributed by atoms with van der Waals surface area (Å²) in [5.74, 6) is -1.38. The van der Waals surface area contributed by atoms with Crippen LogP contribution in [0, 0.1) is 5.82 Å². The Bertz CT molecular complexity index is 1160. The second-order valence-corrected chi connectivity index (χ2v) is 7.12. The maximum Gasteiger partial charge on any atom is 0.424 e. The number of fused-ring (bicyclic) bond motifs is 1. The number of carbonyl (C=O) groups excluding carboxylic acids is 1. The fraction of sp³-hybridized carbons (Fsp3) is 0.211. The van der Waals surface area contributed by atoms with Gasteiger partial charge in [0.25, 0.3) is 0 Å². The van der Waals surface area contributed by atoms with Gasteiger partial charge in [-0.05, 0) is 37.3 Å². The number of aromatic nitrogens is 1. The summed E-state index contributed by atoms with van der Waals surface area (Å²) < 4.78 is 26.4. The Balaban J connectivity index is 1.69. The fourth-order valence-corrected chi connectivity index (χ4v) is 3.34. The molecule has 2 aromatic carbocycles. The second-order valence-electron chi connectivity index (χ2n) is 6.48. The van der Waals surface area contributed by atoms with E-state index in [1.807, 2.05) is 0 Å². The van der Waals surface area contributed by atoms with E-state index >= 15 is 0 Å². The van der Waals surface area contributed by atoms with Crippen LogP contribution < -0.4 is 16.4 Å². The van der Waals surface area contributed by atoms with Gasteiger partial charge in [-0.2, -0.15) is 0 Å². The number of cyclic esters (lactones) is 1. The van der Waals surface area contributed by atoms with Crippen LogP contribution in [0.5, 0.6) is 0 Å². The minimum atomic E-state index is -0.698. The van der Waals surface area contributed by atoms with Crippen LogP contribution in [-0.4, -0.2) is 34.2 Å². The van der Waals surface area contributed by atoms with Crippen LogP contribution in [0.1, 0.15) is 6.92 Å². The van der Waals surface area contributed by atoms with Crippen LogP contribution in [0.25, 0.3) is 16.8 Å². The molecule has 0 spiro atoms. The Morgan fingerprint density at radius 3 is 2.75 bits per heavy atom. The van der Waals surface area contributed by atoms with E-state index < -0.39 is 29.8 Å². The van der Waals surface area contributed by atoms with E-state index in [-0.39, 0.29) is 12.2 Å². The Morgan fingerprint density at radius 1 is 1.29 bits per heavy atom. The number of para-hydroxylation sites is 2. The van der Waals surface area contributed by atoms with Crippen molar-refractivity contribution >= 4 is 40.0 Å². The molecule has 1 aliphatic heterocycles. The number of oxazole rings is 1. The molecule has 144 valence electrons. The number of nitrogens with two attached hydrogens (primary N) is 1. The SMILES string of the molecule is CC(=S)C(N)[C@@H]1CN(c2ccc(-n3c(=O)oc4ccccc43)c(F)c2)C(=O)O1. The van der Waals surface area contributed by atoms with E-state index in [1.54, 1.807) is 31.2 Å². The lowest BCUT2D eigenvalue weighted by molar-refractivity contribution is 0.138. The quantitative estimate of drug-likeness (QED) is 0.676. The molecule has 28 heavy (non-hydrogen) atoms. The van der Waals surface area contributed by atoms with Crippen LogP contribution in [0.4, 0.5) is 14.9 Å². The molecular formula is C19H16FN3O4S. The molecule has 3 aromatic rings. The van der Waals surface area contributed by atoms with Gasteiger partial charge in [-0.3, -0.25) is 4.90 Å². The van der Waals surface area contributed by atoms with Crippen molar-refractivity contribution in [2.75, 3.05) is 11.4 Å². The number of amides is 1. The lowest BCUT2D eigenvalue weighted by Crippen LogP contribution is -2.42. The molecule has 2 N–H and O–H groups in total. The molecule has 7 nitrogen and oxygen atoms in total. The van der Waals surface area contributed by atoms with Gasteiger partial charge >= 0.3 is 11.8 Å². The average molecular weight is 401 g/mol. The van der Waals surface area contributed by atoms with Crippen molar-refractivity contribution in [1.29, 1.82) is 0 Å². The van der Waals surface area contributed by atoms with E-state index in [9.17, 15) is 14.0 Å². The summed E-state index contributed by atoms with van der Waals surface area (Å²) in [6.45, 7) is 1.83. The van der Waals surface area contributed by atoms with E-state index in [2.05, 4.69) is 0 Å². The van der Waals surface area contributed by atoms with E-state index in [0.717, 1.165) is 4.57 Å². The van der Waals surface area contributed by atoms with Crippen molar-refractivity contribution in [3.8, 4) is 5.69 Å². The number of hydrogen-bond acceptors (Lipinski definition) is 6. The maximum absolute atomic E-state index is 14.9. The third-order valence-electron chi connectivity index (χ3n) is 4.67. The Morgan fingerprint density at radius 2 is 2.04 bits per heavy atom. The highest BCUT2D eigenvalue weighted by molar-refractivity contribution is 7.80. The van der Waals surface area contributed by atoms with Gasteiger partial charge in [-0.15, -0.1) is 0 Å². The van der Waals surface area contributed by atoms with E-state index in [4.69, 9.17) is 27.1 Å². The predicted molar refractivity (Wildman–Crippen MR) is 106 cm³/mol. The standard InChI is InChI=1S/C19H16FN3O4S/c1-10(28)17(21)16-9-22(18(24)27-16)11-6-7-13(12(20)8-11)23-14-4-2-3-5-15(14)26-19(23)25/h2-8,16-17H,9,21H2,1H3/t16-,17?/m0/s1. The first-order valence-corrected chi connectivity index (χ1v) is 8.92. The molecule has 1 fully saturated rings. The molecule has 1 aromatic heterocycles. The zero-order valence-corrected chi connectivity index (χ0v) is 15.6. The summed E-state index contributed by atoms with van der Waals surface area (Å²) in [7, 11) is 0.